The fraction of sp³-hybridized carbons (Fsp3) is 0.188. The van der Waals surface area contributed by atoms with Crippen molar-refractivity contribution in [2.45, 2.75) is 23.9 Å². The van der Waals surface area contributed by atoms with Gasteiger partial charge in [-0.3, -0.25) is 0 Å². The number of rotatable bonds is 6. The number of benzene rings is 1. The van der Waals surface area contributed by atoms with Crippen molar-refractivity contribution in [2.24, 2.45) is 0 Å². The molecule has 0 atom stereocenters. The van der Waals surface area contributed by atoms with Crippen LogP contribution in [0.25, 0.3) is 10.2 Å². The Labute approximate surface area is 146 Å². The van der Waals surface area contributed by atoms with Crippen molar-refractivity contribution in [3.05, 3.63) is 58.0 Å². The molecule has 0 aliphatic heterocycles. The van der Waals surface area contributed by atoms with Crippen molar-refractivity contribution in [3.8, 4) is 0 Å². The highest BCUT2D eigenvalue weighted by Gasteiger charge is 2.09. The Balaban J connectivity index is 1.42. The lowest BCUT2D eigenvalue weighted by Crippen LogP contribution is -2.01. The molecule has 7 heteroatoms. The van der Waals surface area contributed by atoms with E-state index in [4.69, 9.17) is 0 Å². The van der Waals surface area contributed by atoms with Gasteiger partial charge in [0.05, 0.1) is 16.0 Å². The third kappa shape index (κ3) is 3.46. The molecular formula is C16H14N4S3. The standard InChI is InChI=1S/C16H14N4S3/c1-2-6-14-13(5-1)18-15(23-14)10-22-16-19-17-11-20(16)8-7-12-4-3-9-21-12/h1-6,9,11H,7-8,10H2. The van der Waals surface area contributed by atoms with Crippen molar-refractivity contribution < 1.29 is 0 Å². The fourth-order valence-corrected chi connectivity index (χ4v) is 4.90. The Kier molecular flexibility index (Phi) is 4.41. The molecule has 0 amide bonds. The molecule has 4 aromatic rings. The number of hydrogen-bond donors (Lipinski definition) is 0. The fourth-order valence-electron chi connectivity index (χ4n) is 2.30. The van der Waals surface area contributed by atoms with E-state index in [0.29, 0.717) is 0 Å². The minimum Gasteiger partial charge on any atom is -0.308 e. The zero-order valence-electron chi connectivity index (χ0n) is 12.3. The van der Waals surface area contributed by atoms with Gasteiger partial charge in [0.15, 0.2) is 5.16 Å². The highest BCUT2D eigenvalue weighted by Crippen LogP contribution is 2.27. The number of hydrogen-bond acceptors (Lipinski definition) is 6. The van der Waals surface area contributed by atoms with Gasteiger partial charge in [-0.2, -0.15) is 0 Å². The molecule has 0 unspecified atom stereocenters. The first-order chi connectivity index (χ1) is 11.4. The normalized spacial score (nSPS) is 11.3. The summed E-state index contributed by atoms with van der Waals surface area (Å²) in [6.07, 6.45) is 2.83. The van der Waals surface area contributed by atoms with E-state index in [9.17, 15) is 0 Å². The van der Waals surface area contributed by atoms with Gasteiger partial charge in [0.2, 0.25) is 0 Å². The largest absolute Gasteiger partial charge is 0.308 e. The summed E-state index contributed by atoms with van der Waals surface area (Å²) in [5.74, 6) is 0.830. The van der Waals surface area contributed by atoms with E-state index in [1.165, 1.54) is 9.58 Å². The second-order valence-corrected chi connectivity index (χ2v) is 8.09. The lowest BCUT2D eigenvalue weighted by Gasteiger charge is -2.04. The molecule has 1 aromatic carbocycles. The maximum Gasteiger partial charge on any atom is 0.191 e. The van der Waals surface area contributed by atoms with E-state index >= 15 is 0 Å². The van der Waals surface area contributed by atoms with Crippen LogP contribution in [-0.4, -0.2) is 19.7 Å². The molecule has 3 aromatic heterocycles. The van der Waals surface area contributed by atoms with Gasteiger partial charge in [-0.15, -0.1) is 32.9 Å². The van der Waals surface area contributed by atoms with Crippen molar-refractivity contribution >= 4 is 44.7 Å². The van der Waals surface area contributed by atoms with Gasteiger partial charge < -0.3 is 4.57 Å². The molecule has 3 heterocycles. The first kappa shape index (κ1) is 14.9. The van der Waals surface area contributed by atoms with Gasteiger partial charge in [0.25, 0.3) is 0 Å². The molecular weight excluding hydrogens is 344 g/mol. The number of thiazole rings is 1. The van der Waals surface area contributed by atoms with Crippen LogP contribution >= 0.6 is 34.4 Å². The predicted molar refractivity (Wildman–Crippen MR) is 97.2 cm³/mol. The number of thioether (sulfide) groups is 1. The number of aryl methyl sites for hydroxylation is 2. The van der Waals surface area contributed by atoms with Crippen molar-refractivity contribution in [3.63, 3.8) is 0 Å². The molecule has 4 rings (SSSR count). The molecule has 0 aliphatic rings. The monoisotopic (exact) mass is 358 g/mol. The highest BCUT2D eigenvalue weighted by atomic mass is 32.2. The lowest BCUT2D eigenvalue weighted by atomic mass is 10.3. The second-order valence-electron chi connectivity index (χ2n) is 5.00. The molecule has 4 nitrogen and oxygen atoms in total. The van der Waals surface area contributed by atoms with E-state index in [0.717, 1.165) is 34.4 Å². The third-order valence-corrected chi connectivity index (χ3v) is 6.57. The van der Waals surface area contributed by atoms with Crippen LogP contribution in [0.2, 0.25) is 0 Å². The minimum absolute atomic E-state index is 0.830. The van der Waals surface area contributed by atoms with Crippen LogP contribution < -0.4 is 0 Å². The Bertz CT molecular complexity index is 862. The topological polar surface area (TPSA) is 43.6 Å². The molecule has 0 saturated heterocycles. The van der Waals surface area contributed by atoms with Gasteiger partial charge in [-0.25, -0.2) is 4.98 Å². The molecule has 0 spiro atoms. The van der Waals surface area contributed by atoms with Crippen LogP contribution in [-0.2, 0) is 18.7 Å². The zero-order valence-corrected chi connectivity index (χ0v) is 14.7. The van der Waals surface area contributed by atoms with Crippen molar-refractivity contribution in [2.75, 3.05) is 0 Å². The van der Waals surface area contributed by atoms with Crippen molar-refractivity contribution in [1.82, 2.24) is 19.7 Å². The maximum absolute atomic E-state index is 4.67. The van der Waals surface area contributed by atoms with Crippen molar-refractivity contribution in [1.29, 1.82) is 0 Å². The third-order valence-electron chi connectivity index (χ3n) is 3.42. The van der Waals surface area contributed by atoms with Gasteiger partial charge in [-0.1, -0.05) is 30.0 Å². The van der Waals surface area contributed by atoms with Gasteiger partial charge >= 0.3 is 0 Å². The Morgan fingerprint density at radius 2 is 2.09 bits per heavy atom. The van der Waals surface area contributed by atoms with E-state index in [2.05, 4.69) is 55.5 Å². The molecule has 116 valence electrons. The Hall–Kier alpha value is -1.70. The van der Waals surface area contributed by atoms with Crippen LogP contribution in [0.1, 0.15) is 9.88 Å². The van der Waals surface area contributed by atoms with Crippen LogP contribution in [0.3, 0.4) is 0 Å². The number of fused-ring (bicyclic) bond motifs is 1. The number of nitrogens with zero attached hydrogens (tertiary/aromatic N) is 4. The molecule has 0 N–H and O–H groups in total. The molecule has 0 saturated carbocycles. The smallest absolute Gasteiger partial charge is 0.191 e. The zero-order chi connectivity index (χ0) is 15.5. The minimum atomic E-state index is 0.830. The summed E-state index contributed by atoms with van der Waals surface area (Å²) in [5, 5.41) is 12.5. The van der Waals surface area contributed by atoms with Gasteiger partial charge in [-0.05, 0) is 30.0 Å². The molecule has 0 bridgehead atoms. The quantitative estimate of drug-likeness (QED) is 0.477. The number of para-hydroxylation sites is 1. The number of thiophene rings is 1. The highest BCUT2D eigenvalue weighted by molar-refractivity contribution is 7.98. The summed E-state index contributed by atoms with van der Waals surface area (Å²) in [6.45, 7) is 0.912. The van der Waals surface area contributed by atoms with E-state index in [1.807, 2.05) is 12.4 Å². The Morgan fingerprint density at radius 3 is 2.96 bits per heavy atom. The number of aromatic nitrogens is 4. The van der Waals surface area contributed by atoms with Crippen LogP contribution in [0.5, 0.6) is 0 Å². The molecule has 23 heavy (non-hydrogen) atoms. The molecule has 0 fully saturated rings. The Morgan fingerprint density at radius 1 is 1.13 bits per heavy atom. The van der Waals surface area contributed by atoms with Gasteiger partial charge in [0.1, 0.15) is 11.3 Å². The predicted octanol–water partition coefficient (Wildman–Crippen LogP) is 4.48. The average molecular weight is 359 g/mol. The van der Waals surface area contributed by atoms with Crippen LogP contribution in [0.4, 0.5) is 0 Å². The lowest BCUT2D eigenvalue weighted by molar-refractivity contribution is 0.637. The van der Waals surface area contributed by atoms with E-state index in [-0.39, 0.29) is 0 Å². The van der Waals surface area contributed by atoms with E-state index < -0.39 is 0 Å². The summed E-state index contributed by atoms with van der Waals surface area (Å²) >= 11 is 5.24. The average Bonchev–Trinajstić information content (AvgIpc) is 3.30. The summed E-state index contributed by atoms with van der Waals surface area (Å²) in [4.78, 5) is 6.06. The van der Waals surface area contributed by atoms with E-state index in [1.54, 1.807) is 34.4 Å². The molecule has 0 aliphatic carbocycles. The maximum atomic E-state index is 4.67. The summed E-state index contributed by atoms with van der Waals surface area (Å²) < 4.78 is 3.36. The summed E-state index contributed by atoms with van der Waals surface area (Å²) in [6, 6.07) is 12.5. The summed E-state index contributed by atoms with van der Waals surface area (Å²) in [5.41, 5.74) is 1.08. The first-order valence-electron chi connectivity index (χ1n) is 7.26. The first-order valence-corrected chi connectivity index (χ1v) is 9.94. The second kappa shape index (κ2) is 6.82. The van der Waals surface area contributed by atoms with Gasteiger partial charge in [0, 0.05) is 11.4 Å². The van der Waals surface area contributed by atoms with Crippen LogP contribution in [0.15, 0.2) is 53.3 Å². The summed E-state index contributed by atoms with van der Waals surface area (Å²) in [7, 11) is 0. The SMILES string of the molecule is c1csc(CCn2cnnc2SCc2nc3ccccc3s2)c1. The molecule has 0 radical (unpaired) electrons. The van der Waals surface area contributed by atoms with Crippen LogP contribution in [0, 0.1) is 0 Å².